The molecule has 0 unspecified atom stereocenters. The van der Waals surface area contributed by atoms with Crippen LogP contribution in [-0.4, -0.2) is 34.3 Å². The van der Waals surface area contributed by atoms with Crippen molar-refractivity contribution in [1.29, 1.82) is 0 Å². The zero-order valence-electron chi connectivity index (χ0n) is 15.3. The summed E-state index contributed by atoms with van der Waals surface area (Å²) in [5.41, 5.74) is -3.87. The molecule has 0 heterocycles. The average molecular weight is 324 g/mol. The zero-order valence-corrected chi connectivity index (χ0v) is 15.3. The van der Waals surface area contributed by atoms with E-state index in [1.54, 1.807) is 41.5 Å². The van der Waals surface area contributed by atoms with Gasteiger partial charge in [-0.1, -0.05) is 19.4 Å². The molecule has 5 heteroatoms. The summed E-state index contributed by atoms with van der Waals surface area (Å²) in [6.45, 7) is 13.0. The highest BCUT2D eigenvalue weighted by Gasteiger charge is 2.66. The van der Waals surface area contributed by atoms with Crippen LogP contribution in [0.5, 0.6) is 0 Å². The van der Waals surface area contributed by atoms with Crippen LogP contribution in [0.4, 0.5) is 0 Å². The first-order valence-corrected chi connectivity index (χ1v) is 7.87. The Kier molecular flexibility index (Phi) is 4.98. The third-order valence-corrected chi connectivity index (χ3v) is 4.35. The molecular formula is C18H28O5. The fourth-order valence-electron chi connectivity index (χ4n) is 3.27. The van der Waals surface area contributed by atoms with Crippen molar-refractivity contribution in [2.75, 3.05) is 0 Å². The second-order valence-corrected chi connectivity index (χ2v) is 8.02. The van der Waals surface area contributed by atoms with E-state index in [4.69, 9.17) is 4.74 Å². The van der Waals surface area contributed by atoms with Crippen LogP contribution in [0.3, 0.4) is 0 Å². The van der Waals surface area contributed by atoms with Gasteiger partial charge >= 0.3 is 5.97 Å². The lowest BCUT2D eigenvalue weighted by Gasteiger charge is -2.50. The number of carbonyl (C=O) groups is 3. The molecule has 1 aliphatic rings. The first kappa shape index (κ1) is 19.6. The molecule has 0 aromatic rings. The molecule has 0 aromatic carbocycles. The standard InChI is InChI=1S/C18H28O5/c1-10(2)9-18(22)14(21)16(5,6)13(20)17(7,8)15(18)23-12(19)11(3)4/h9,11,15,22H,1-8H3/t15-,18-/m1/s1. The van der Waals surface area contributed by atoms with Crippen LogP contribution in [-0.2, 0) is 19.1 Å². The van der Waals surface area contributed by atoms with Crippen molar-refractivity contribution in [2.24, 2.45) is 16.7 Å². The molecule has 0 spiro atoms. The molecule has 0 radical (unpaired) electrons. The number of aliphatic hydroxyl groups is 1. The SMILES string of the molecule is CC(C)=C[C@@]1(O)C(=O)C(C)(C)C(=O)C(C)(C)[C@H]1OC(=O)C(C)C. The molecule has 0 saturated heterocycles. The molecule has 5 nitrogen and oxygen atoms in total. The van der Waals surface area contributed by atoms with E-state index in [-0.39, 0.29) is 5.78 Å². The van der Waals surface area contributed by atoms with Gasteiger partial charge in [-0.2, -0.15) is 0 Å². The third kappa shape index (κ3) is 3.11. The second kappa shape index (κ2) is 5.86. The predicted octanol–water partition coefficient (Wildman–Crippen LogP) is 2.46. The van der Waals surface area contributed by atoms with E-state index >= 15 is 0 Å². The van der Waals surface area contributed by atoms with Gasteiger partial charge in [0.2, 0.25) is 0 Å². The number of esters is 1. The van der Waals surface area contributed by atoms with Crippen LogP contribution in [0.15, 0.2) is 11.6 Å². The Morgan fingerprint density at radius 3 is 2.00 bits per heavy atom. The highest BCUT2D eigenvalue weighted by Crippen LogP contribution is 2.47. The van der Waals surface area contributed by atoms with Crippen LogP contribution in [0.2, 0.25) is 0 Å². The van der Waals surface area contributed by atoms with Crippen molar-refractivity contribution >= 4 is 17.5 Å². The number of ketones is 2. The molecule has 0 amide bonds. The number of ether oxygens (including phenoxy) is 1. The van der Waals surface area contributed by atoms with Crippen molar-refractivity contribution in [1.82, 2.24) is 0 Å². The summed E-state index contributed by atoms with van der Waals surface area (Å²) in [6.07, 6.45) is 0.136. The first-order chi connectivity index (χ1) is 10.2. The van der Waals surface area contributed by atoms with E-state index in [0.29, 0.717) is 5.57 Å². The maximum atomic E-state index is 12.9. The highest BCUT2D eigenvalue weighted by molar-refractivity contribution is 6.15. The van der Waals surface area contributed by atoms with Crippen LogP contribution in [0, 0.1) is 16.7 Å². The lowest BCUT2D eigenvalue weighted by molar-refractivity contribution is -0.198. The van der Waals surface area contributed by atoms with Gasteiger partial charge in [-0.25, -0.2) is 0 Å². The Morgan fingerprint density at radius 1 is 1.13 bits per heavy atom. The summed E-state index contributed by atoms with van der Waals surface area (Å²) in [6, 6.07) is 0. The molecule has 1 fully saturated rings. The fraction of sp³-hybridized carbons (Fsp3) is 0.722. The summed E-state index contributed by atoms with van der Waals surface area (Å²) >= 11 is 0. The smallest absolute Gasteiger partial charge is 0.308 e. The number of hydrogen-bond acceptors (Lipinski definition) is 5. The van der Waals surface area contributed by atoms with E-state index in [0.717, 1.165) is 0 Å². The molecule has 130 valence electrons. The fourth-order valence-corrected chi connectivity index (χ4v) is 3.27. The van der Waals surface area contributed by atoms with Crippen LogP contribution < -0.4 is 0 Å². The van der Waals surface area contributed by atoms with E-state index in [2.05, 4.69) is 0 Å². The number of allylic oxidation sites excluding steroid dienone is 1. The minimum absolute atomic E-state index is 0.344. The Hall–Kier alpha value is -1.49. The molecule has 0 aliphatic heterocycles. The summed E-state index contributed by atoms with van der Waals surface area (Å²) < 4.78 is 5.44. The second-order valence-electron chi connectivity index (χ2n) is 8.02. The Bertz CT molecular complexity index is 564. The van der Waals surface area contributed by atoms with E-state index in [9.17, 15) is 19.5 Å². The molecule has 0 bridgehead atoms. The minimum atomic E-state index is -2.02. The summed E-state index contributed by atoms with van der Waals surface area (Å²) in [7, 11) is 0. The number of hydrogen-bond donors (Lipinski definition) is 1. The molecule has 23 heavy (non-hydrogen) atoms. The molecule has 1 rings (SSSR count). The average Bonchev–Trinajstić information content (AvgIpc) is 2.39. The molecule has 1 aliphatic carbocycles. The first-order valence-electron chi connectivity index (χ1n) is 7.87. The van der Waals surface area contributed by atoms with E-state index in [1.165, 1.54) is 19.9 Å². The van der Waals surface area contributed by atoms with Crippen molar-refractivity contribution in [3.63, 3.8) is 0 Å². The summed E-state index contributed by atoms with van der Waals surface area (Å²) in [4.78, 5) is 37.7. The van der Waals surface area contributed by atoms with Gasteiger partial charge in [-0.3, -0.25) is 14.4 Å². The Balaban J connectivity index is 3.57. The molecule has 1 N–H and O–H groups in total. The van der Waals surface area contributed by atoms with Gasteiger partial charge in [0.25, 0.3) is 0 Å². The molecule has 0 aromatic heterocycles. The third-order valence-electron chi connectivity index (χ3n) is 4.35. The van der Waals surface area contributed by atoms with Gasteiger partial charge < -0.3 is 9.84 Å². The van der Waals surface area contributed by atoms with Gasteiger partial charge in [0.05, 0.1) is 16.7 Å². The van der Waals surface area contributed by atoms with Crippen LogP contribution in [0.25, 0.3) is 0 Å². The van der Waals surface area contributed by atoms with Crippen molar-refractivity contribution in [2.45, 2.75) is 67.1 Å². The maximum absolute atomic E-state index is 12.9. The normalized spacial score (nSPS) is 29.4. The Morgan fingerprint density at radius 2 is 1.61 bits per heavy atom. The van der Waals surface area contributed by atoms with Gasteiger partial charge in [0.1, 0.15) is 0 Å². The minimum Gasteiger partial charge on any atom is -0.457 e. The van der Waals surface area contributed by atoms with Gasteiger partial charge in [-0.15, -0.1) is 0 Å². The monoisotopic (exact) mass is 324 g/mol. The number of Topliss-reactive ketones (excluding diaryl/α,β-unsaturated/α-hetero) is 2. The molecular weight excluding hydrogens is 296 g/mol. The highest BCUT2D eigenvalue weighted by atomic mass is 16.6. The topological polar surface area (TPSA) is 80.7 Å². The maximum Gasteiger partial charge on any atom is 0.308 e. The van der Waals surface area contributed by atoms with Gasteiger partial charge in [-0.05, 0) is 47.6 Å². The zero-order chi connectivity index (χ0) is 18.4. The Labute approximate surface area is 138 Å². The van der Waals surface area contributed by atoms with Crippen molar-refractivity contribution in [3.05, 3.63) is 11.6 Å². The quantitative estimate of drug-likeness (QED) is 0.490. The van der Waals surface area contributed by atoms with E-state index < -0.39 is 40.2 Å². The lowest BCUT2D eigenvalue weighted by Crippen LogP contribution is -2.69. The summed E-state index contributed by atoms with van der Waals surface area (Å²) in [5, 5.41) is 11.1. The van der Waals surface area contributed by atoms with Crippen molar-refractivity contribution in [3.8, 4) is 0 Å². The molecule has 1 saturated carbocycles. The number of rotatable bonds is 3. The largest absolute Gasteiger partial charge is 0.457 e. The predicted molar refractivity (Wildman–Crippen MR) is 86.7 cm³/mol. The summed E-state index contributed by atoms with van der Waals surface area (Å²) in [5.74, 6) is -1.97. The van der Waals surface area contributed by atoms with Gasteiger partial charge in [0.15, 0.2) is 23.3 Å². The lowest BCUT2D eigenvalue weighted by atomic mass is 9.56. The number of carbonyl (C=O) groups excluding carboxylic acids is 3. The van der Waals surface area contributed by atoms with Crippen LogP contribution in [0.1, 0.15) is 55.4 Å². The molecule has 2 atom stereocenters. The van der Waals surface area contributed by atoms with Crippen LogP contribution >= 0.6 is 0 Å². The van der Waals surface area contributed by atoms with E-state index in [1.807, 2.05) is 0 Å². The van der Waals surface area contributed by atoms with Gasteiger partial charge in [0, 0.05) is 0 Å². The van der Waals surface area contributed by atoms with Crippen molar-refractivity contribution < 1.29 is 24.2 Å².